The van der Waals surface area contributed by atoms with Crippen molar-refractivity contribution >= 4 is 21.4 Å². The van der Waals surface area contributed by atoms with E-state index in [1.807, 2.05) is 24.4 Å². The van der Waals surface area contributed by atoms with Gasteiger partial charge in [0.25, 0.3) is 0 Å². The first kappa shape index (κ1) is 13.3. The first-order chi connectivity index (χ1) is 8.51. The van der Waals surface area contributed by atoms with E-state index < -0.39 is 10.0 Å². The smallest absolute Gasteiger partial charge is 0.246 e. The first-order valence-electron chi connectivity index (χ1n) is 5.51. The maximum Gasteiger partial charge on any atom is 0.246 e. The molecule has 2 aromatic rings. The molecule has 0 bridgehead atoms. The van der Waals surface area contributed by atoms with Crippen LogP contribution in [0.15, 0.2) is 34.8 Å². The number of nitrogens with one attached hydrogen (secondary N) is 1. The topological polar surface area (TPSA) is 66.1 Å². The molecular formula is C11H15N3O2S2. The van der Waals surface area contributed by atoms with E-state index in [4.69, 9.17) is 0 Å². The third kappa shape index (κ3) is 2.63. The average molecular weight is 285 g/mol. The molecule has 2 rings (SSSR count). The Morgan fingerprint density at radius 2 is 2.33 bits per heavy atom. The van der Waals surface area contributed by atoms with Crippen LogP contribution < -0.4 is 0 Å². The number of thiophene rings is 1. The molecule has 0 aliphatic heterocycles. The highest BCUT2D eigenvalue weighted by atomic mass is 32.2. The molecule has 1 N–H and O–H groups in total. The van der Waals surface area contributed by atoms with Crippen LogP contribution in [0.3, 0.4) is 0 Å². The fourth-order valence-electron chi connectivity index (χ4n) is 1.63. The Bertz CT molecular complexity index is 576. The molecule has 0 radical (unpaired) electrons. The van der Waals surface area contributed by atoms with Crippen molar-refractivity contribution in [2.45, 2.75) is 24.3 Å². The van der Waals surface area contributed by atoms with E-state index in [1.54, 1.807) is 18.4 Å². The van der Waals surface area contributed by atoms with E-state index in [0.717, 1.165) is 0 Å². The van der Waals surface area contributed by atoms with Crippen molar-refractivity contribution in [1.29, 1.82) is 0 Å². The summed E-state index contributed by atoms with van der Waals surface area (Å²) in [5, 5.41) is 8.19. The van der Waals surface area contributed by atoms with Crippen LogP contribution in [0.5, 0.6) is 0 Å². The molecular weight excluding hydrogens is 270 g/mol. The van der Waals surface area contributed by atoms with Crippen LogP contribution in [0, 0.1) is 0 Å². The third-order valence-corrected chi connectivity index (χ3v) is 5.68. The van der Waals surface area contributed by atoms with E-state index in [9.17, 15) is 8.42 Å². The second-order valence-electron chi connectivity index (χ2n) is 4.09. The Labute approximate surface area is 111 Å². The molecule has 2 aromatic heterocycles. The quantitative estimate of drug-likeness (QED) is 0.909. The first-order valence-corrected chi connectivity index (χ1v) is 7.83. The molecule has 0 fully saturated rings. The Morgan fingerprint density at radius 3 is 2.89 bits per heavy atom. The minimum atomic E-state index is -3.45. The molecule has 1 unspecified atom stereocenters. The van der Waals surface area contributed by atoms with E-state index in [2.05, 4.69) is 10.2 Å². The number of aromatic amines is 1. The number of hydrogen-bond acceptors (Lipinski definition) is 4. The number of aromatic nitrogens is 2. The van der Waals surface area contributed by atoms with Crippen LogP contribution >= 0.6 is 11.3 Å². The molecule has 18 heavy (non-hydrogen) atoms. The monoisotopic (exact) mass is 285 g/mol. The second kappa shape index (κ2) is 5.21. The lowest BCUT2D eigenvalue weighted by atomic mass is 10.2. The van der Waals surface area contributed by atoms with Gasteiger partial charge in [0.1, 0.15) is 4.90 Å². The van der Waals surface area contributed by atoms with Crippen LogP contribution in [0.1, 0.15) is 11.8 Å². The minimum absolute atomic E-state index is 0.0939. The van der Waals surface area contributed by atoms with Gasteiger partial charge >= 0.3 is 0 Å². The molecule has 7 heteroatoms. The summed E-state index contributed by atoms with van der Waals surface area (Å²) in [6.45, 7) is 1.90. The van der Waals surface area contributed by atoms with E-state index in [1.165, 1.54) is 21.6 Å². The van der Waals surface area contributed by atoms with Gasteiger partial charge in [0, 0.05) is 24.2 Å². The van der Waals surface area contributed by atoms with Gasteiger partial charge in [0.15, 0.2) is 0 Å². The van der Waals surface area contributed by atoms with Gasteiger partial charge in [-0.25, -0.2) is 8.42 Å². The zero-order chi connectivity index (χ0) is 13.2. The largest absolute Gasteiger partial charge is 0.284 e. The Kier molecular flexibility index (Phi) is 3.84. The zero-order valence-electron chi connectivity index (χ0n) is 10.2. The van der Waals surface area contributed by atoms with E-state index in [0.29, 0.717) is 6.42 Å². The highest BCUT2D eigenvalue weighted by Gasteiger charge is 2.26. The van der Waals surface area contributed by atoms with Crippen molar-refractivity contribution in [2.24, 2.45) is 0 Å². The summed E-state index contributed by atoms with van der Waals surface area (Å²) in [4.78, 5) is 1.37. The molecule has 98 valence electrons. The van der Waals surface area contributed by atoms with Crippen molar-refractivity contribution < 1.29 is 8.42 Å². The maximum atomic E-state index is 12.2. The van der Waals surface area contributed by atoms with Crippen LogP contribution in [0.2, 0.25) is 0 Å². The number of H-pyrrole nitrogens is 1. The van der Waals surface area contributed by atoms with Crippen LogP contribution in [0.25, 0.3) is 0 Å². The summed E-state index contributed by atoms with van der Waals surface area (Å²) < 4.78 is 25.9. The van der Waals surface area contributed by atoms with Crippen molar-refractivity contribution in [3.05, 3.63) is 34.8 Å². The molecule has 0 aromatic carbocycles. The van der Waals surface area contributed by atoms with Gasteiger partial charge in [-0.3, -0.25) is 5.10 Å². The predicted molar refractivity (Wildman–Crippen MR) is 71.0 cm³/mol. The van der Waals surface area contributed by atoms with Gasteiger partial charge in [0.2, 0.25) is 10.0 Å². The Morgan fingerprint density at radius 1 is 1.56 bits per heavy atom. The number of hydrogen-bond donors (Lipinski definition) is 1. The molecule has 0 amide bonds. The number of nitrogens with zero attached hydrogens (tertiary/aromatic N) is 2. The summed E-state index contributed by atoms with van der Waals surface area (Å²) in [6.07, 6.45) is 3.43. The SMILES string of the molecule is CC(Cc1cccs1)N(C)S(=O)(=O)c1cn[nH]c1. The maximum absolute atomic E-state index is 12.2. The molecule has 1 atom stereocenters. The standard InChI is InChI=1S/C11H15N3O2S2/c1-9(6-10-4-3-5-17-10)14(2)18(15,16)11-7-12-13-8-11/h3-5,7-9H,6H2,1-2H3,(H,12,13). The van der Waals surface area contributed by atoms with Gasteiger partial charge in [-0.05, 0) is 24.8 Å². The third-order valence-electron chi connectivity index (χ3n) is 2.85. The fraction of sp³-hybridized carbons (Fsp3) is 0.364. The van der Waals surface area contributed by atoms with Crippen molar-refractivity contribution in [3.8, 4) is 0 Å². The second-order valence-corrected chi connectivity index (χ2v) is 7.12. The minimum Gasteiger partial charge on any atom is -0.284 e. The zero-order valence-corrected chi connectivity index (χ0v) is 11.8. The summed E-state index contributed by atoms with van der Waals surface area (Å²) in [5.41, 5.74) is 0. The number of likely N-dealkylation sites (N-methyl/N-ethyl adjacent to an activating group) is 1. The number of sulfonamides is 1. The highest BCUT2D eigenvalue weighted by Crippen LogP contribution is 2.19. The van der Waals surface area contributed by atoms with Gasteiger partial charge in [-0.2, -0.15) is 9.40 Å². The Balaban J connectivity index is 2.13. The Hall–Kier alpha value is -1.18. The lowest BCUT2D eigenvalue weighted by molar-refractivity contribution is 0.388. The summed E-state index contributed by atoms with van der Waals surface area (Å²) in [6, 6.07) is 3.89. The van der Waals surface area contributed by atoms with Gasteiger partial charge in [0.05, 0.1) is 6.20 Å². The molecule has 0 spiro atoms. The van der Waals surface area contributed by atoms with Crippen LogP contribution in [0.4, 0.5) is 0 Å². The molecule has 0 aliphatic carbocycles. The summed E-state index contributed by atoms with van der Waals surface area (Å²) in [7, 11) is -1.86. The summed E-state index contributed by atoms with van der Waals surface area (Å²) in [5.74, 6) is 0. The summed E-state index contributed by atoms with van der Waals surface area (Å²) >= 11 is 1.64. The molecule has 0 saturated carbocycles. The van der Waals surface area contributed by atoms with Gasteiger partial charge in [-0.15, -0.1) is 11.3 Å². The van der Waals surface area contributed by atoms with Crippen molar-refractivity contribution in [3.63, 3.8) is 0 Å². The highest BCUT2D eigenvalue weighted by molar-refractivity contribution is 7.89. The molecule has 0 aliphatic rings. The van der Waals surface area contributed by atoms with Crippen LogP contribution in [-0.4, -0.2) is 36.0 Å². The predicted octanol–water partition coefficient (Wildman–Crippen LogP) is 1.72. The van der Waals surface area contributed by atoms with Crippen LogP contribution in [-0.2, 0) is 16.4 Å². The van der Waals surface area contributed by atoms with Crippen molar-refractivity contribution in [1.82, 2.24) is 14.5 Å². The molecule has 5 nitrogen and oxygen atoms in total. The lowest BCUT2D eigenvalue weighted by Crippen LogP contribution is -2.36. The van der Waals surface area contributed by atoms with Crippen molar-refractivity contribution in [2.75, 3.05) is 7.05 Å². The molecule has 2 heterocycles. The number of rotatable bonds is 5. The van der Waals surface area contributed by atoms with Gasteiger partial charge in [-0.1, -0.05) is 6.07 Å². The lowest BCUT2D eigenvalue weighted by Gasteiger charge is -2.23. The fourth-order valence-corrected chi connectivity index (χ4v) is 3.73. The average Bonchev–Trinajstić information content (AvgIpc) is 3.00. The van der Waals surface area contributed by atoms with E-state index >= 15 is 0 Å². The van der Waals surface area contributed by atoms with Gasteiger partial charge < -0.3 is 0 Å². The molecule has 0 saturated heterocycles. The van der Waals surface area contributed by atoms with E-state index in [-0.39, 0.29) is 10.9 Å². The normalized spacial score (nSPS) is 13.9.